The van der Waals surface area contributed by atoms with Crippen LogP contribution in [0.4, 0.5) is 22.0 Å². The van der Waals surface area contributed by atoms with Crippen LogP contribution in [0.5, 0.6) is 0 Å². The quantitative estimate of drug-likeness (QED) is 0.459. The number of alkyl halides is 5. The second-order valence-electron chi connectivity index (χ2n) is 3.44. The van der Waals surface area contributed by atoms with Gasteiger partial charge in [0, 0.05) is 0 Å². The first-order chi connectivity index (χ1) is 8.54. The smallest absolute Gasteiger partial charge is 0.361 e. The highest BCUT2D eigenvalue weighted by Crippen LogP contribution is 2.27. The number of carbonyl (C=O) groups is 2. The molecule has 0 aliphatic carbocycles. The summed E-state index contributed by atoms with van der Waals surface area (Å²) in [6, 6.07) is -1.64. The van der Waals surface area contributed by atoms with Gasteiger partial charge in [0.05, 0.1) is 12.6 Å². The Balaban J connectivity index is 0.000000711. The zero-order chi connectivity index (χ0) is 15.3. The molecule has 1 rings (SSSR count). The van der Waals surface area contributed by atoms with Crippen LogP contribution < -0.4 is 5.73 Å². The number of hydrogen-bond acceptors (Lipinski definition) is 5. The van der Waals surface area contributed by atoms with Crippen molar-refractivity contribution in [3.63, 3.8) is 0 Å². The van der Waals surface area contributed by atoms with Crippen molar-refractivity contribution < 1.29 is 36.4 Å². The Labute approximate surface area is 104 Å². The number of halogens is 5. The lowest BCUT2D eigenvalue weighted by Crippen LogP contribution is -2.38. The van der Waals surface area contributed by atoms with Crippen LogP contribution in [0, 0.1) is 0 Å². The molecule has 1 fully saturated rings. The van der Waals surface area contributed by atoms with E-state index in [2.05, 4.69) is 11.4 Å². The van der Waals surface area contributed by atoms with Gasteiger partial charge in [-0.05, 0) is 6.08 Å². The highest BCUT2D eigenvalue weighted by Gasteiger charge is 2.50. The van der Waals surface area contributed by atoms with Crippen molar-refractivity contribution in [2.75, 3.05) is 13.1 Å². The normalized spacial score (nSPS) is 22.1. The van der Waals surface area contributed by atoms with Gasteiger partial charge in [0.2, 0.25) is 0 Å². The Hall–Kier alpha value is -1.55. The largest absolute Gasteiger partial charge is 0.492 e. The van der Waals surface area contributed by atoms with Gasteiger partial charge in [0.15, 0.2) is 0 Å². The SMILES string of the molecule is C=CC=O.NC1CN(OC(=O)C(F)(F)F)CC1(F)F. The molecular formula is C9H11F5N2O3. The van der Waals surface area contributed by atoms with Crippen molar-refractivity contribution in [3.05, 3.63) is 12.7 Å². The molecule has 110 valence electrons. The lowest BCUT2D eigenvalue weighted by atomic mass is 10.2. The second kappa shape index (κ2) is 6.57. The number of nitrogens with two attached hydrogens (primary N) is 1. The molecule has 0 amide bonds. The van der Waals surface area contributed by atoms with E-state index in [1.807, 2.05) is 0 Å². The van der Waals surface area contributed by atoms with E-state index in [0.29, 0.717) is 6.29 Å². The number of carbonyl (C=O) groups excluding carboxylic acids is 2. The number of allylic oxidation sites excluding steroid dienone is 1. The average Bonchev–Trinajstić information content (AvgIpc) is 2.51. The highest BCUT2D eigenvalue weighted by atomic mass is 19.4. The van der Waals surface area contributed by atoms with Crippen molar-refractivity contribution in [2.45, 2.75) is 18.1 Å². The molecule has 0 saturated carbocycles. The summed E-state index contributed by atoms with van der Waals surface area (Å²) in [5, 5.41) is 0.209. The van der Waals surface area contributed by atoms with Gasteiger partial charge in [-0.25, -0.2) is 13.6 Å². The Kier molecular flexibility index (Phi) is 6.03. The van der Waals surface area contributed by atoms with Crippen LogP contribution in [0.25, 0.3) is 0 Å². The topological polar surface area (TPSA) is 72.6 Å². The third-order valence-corrected chi connectivity index (χ3v) is 1.87. The van der Waals surface area contributed by atoms with E-state index in [4.69, 9.17) is 10.5 Å². The van der Waals surface area contributed by atoms with Gasteiger partial charge in [0.1, 0.15) is 12.8 Å². The van der Waals surface area contributed by atoms with Crippen molar-refractivity contribution in [1.29, 1.82) is 0 Å². The van der Waals surface area contributed by atoms with E-state index in [-0.39, 0.29) is 5.06 Å². The Bertz CT molecular complexity index is 339. The average molecular weight is 290 g/mol. The predicted molar refractivity (Wildman–Crippen MR) is 52.9 cm³/mol. The summed E-state index contributed by atoms with van der Waals surface area (Å²) in [5.41, 5.74) is 4.92. The van der Waals surface area contributed by atoms with Gasteiger partial charge in [0.25, 0.3) is 5.92 Å². The summed E-state index contributed by atoms with van der Waals surface area (Å²) >= 11 is 0. The Morgan fingerprint density at radius 3 is 2.21 bits per heavy atom. The molecule has 1 aliphatic rings. The van der Waals surface area contributed by atoms with Gasteiger partial charge < -0.3 is 10.6 Å². The van der Waals surface area contributed by atoms with E-state index < -0.39 is 37.2 Å². The summed E-state index contributed by atoms with van der Waals surface area (Å²) in [6.45, 7) is 1.35. The predicted octanol–water partition coefficient (Wildman–Crippen LogP) is 0.656. The van der Waals surface area contributed by atoms with Gasteiger partial charge in [-0.1, -0.05) is 6.58 Å². The van der Waals surface area contributed by atoms with Crippen molar-refractivity contribution in [2.24, 2.45) is 5.73 Å². The molecule has 19 heavy (non-hydrogen) atoms. The maximum absolute atomic E-state index is 12.7. The van der Waals surface area contributed by atoms with Gasteiger partial charge in [-0.2, -0.15) is 13.2 Å². The monoisotopic (exact) mass is 290 g/mol. The summed E-state index contributed by atoms with van der Waals surface area (Å²) in [6.07, 6.45) is -3.37. The van der Waals surface area contributed by atoms with Gasteiger partial charge >= 0.3 is 12.1 Å². The Morgan fingerprint density at radius 2 is 1.95 bits per heavy atom. The molecule has 0 aromatic carbocycles. The van der Waals surface area contributed by atoms with E-state index in [9.17, 15) is 26.7 Å². The minimum atomic E-state index is -5.21. The molecule has 0 aromatic heterocycles. The lowest BCUT2D eigenvalue weighted by molar-refractivity contribution is -0.237. The van der Waals surface area contributed by atoms with Gasteiger partial charge in [-0.15, -0.1) is 5.06 Å². The molecule has 1 saturated heterocycles. The molecule has 10 heteroatoms. The van der Waals surface area contributed by atoms with Crippen molar-refractivity contribution in [1.82, 2.24) is 5.06 Å². The maximum atomic E-state index is 12.7. The number of hydrogen-bond donors (Lipinski definition) is 1. The first-order valence-corrected chi connectivity index (χ1v) is 4.78. The molecule has 1 atom stereocenters. The van der Waals surface area contributed by atoms with E-state index in [1.165, 1.54) is 6.08 Å². The number of rotatable bonds is 2. The number of hydroxylamine groups is 2. The van der Waals surface area contributed by atoms with Crippen LogP contribution in [0.2, 0.25) is 0 Å². The maximum Gasteiger partial charge on any atom is 0.492 e. The molecule has 1 unspecified atom stereocenters. The minimum Gasteiger partial charge on any atom is -0.361 e. The third-order valence-electron chi connectivity index (χ3n) is 1.87. The van der Waals surface area contributed by atoms with E-state index in [1.54, 1.807) is 0 Å². The number of nitrogens with zero attached hydrogens (tertiary/aromatic N) is 1. The van der Waals surface area contributed by atoms with Crippen LogP contribution in [0.1, 0.15) is 0 Å². The van der Waals surface area contributed by atoms with Crippen LogP contribution in [0.15, 0.2) is 12.7 Å². The molecule has 0 spiro atoms. The molecule has 0 aromatic rings. The standard InChI is InChI=1S/C6H7F5N2O2.C3H4O/c7-5(8)2-13(1-3(5)12)15-4(14)6(9,10)11;1-2-3-4/h3H,1-2,12H2;2-3H,1H2. The van der Waals surface area contributed by atoms with E-state index in [0.717, 1.165) is 0 Å². The minimum absolute atomic E-state index is 0.209. The first-order valence-electron chi connectivity index (χ1n) is 4.78. The fourth-order valence-corrected chi connectivity index (χ4v) is 1.01. The molecule has 2 N–H and O–H groups in total. The van der Waals surface area contributed by atoms with Crippen molar-refractivity contribution >= 4 is 12.3 Å². The van der Waals surface area contributed by atoms with Crippen molar-refractivity contribution in [3.8, 4) is 0 Å². The summed E-state index contributed by atoms with van der Waals surface area (Å²) in [7, 11) is 0. The third kappa shape index (κ3) is 5.75. The fraction of sp³-hybridized carbons (Fsp3) is 0.556. The molecule has 0 bridgehead atoms. The van der Waals surface area contributed by atoms with Crippen LogP contribution >= 0.6 is 0 Å². The fourth-order valence-electron chi connectivity index (χ4n) is 1.01. The van der Waals surface area contributed by atoms with Crippen LogP contribution in [-0.2, 0) is 14.4 Å². The Morgan fingerprint density at radius 1 is 1.47 bits per heavy atom. The molecule has 1 heterocycles. The van der Waals surface area contributed by atoms with Crippen LogP contribution in [-0.4, -0.2) is 48.5 Å². The zero-order valence-corrected chi connectivity index (χ0v) is 9.49. The molecule has 0 radical (unpaired) electrons. The molecular weight excluding hydrogens is 279 g/mol. The zero-order valence-electron chi connectivity index (χ0n) is 9.49. The second-order valence-corrected chi connectivity index (χ2v) is 3.44. The lowest BCUT2D eigenvalue weighted by Gasteiger charge is -2.15. The summed E-state index contributed by atoms with van der Waals surface area (Å²) in [5.74, 6) is -5.89. The summed E-state index contributed by atoms with van der Waals surface area (Å²) < 4.78 is 60.4. The van der Waals surface area contributed by atoms with Crippen LogP contribution in [0.3, 0.4) is 0 Å². The molecule has 5 nitrogen and oxygen atoms in total. The van der Waals surface area contributed by atoms with Gasteiger partial charge in [-0.3, -0.25) is 4.79 Å². The number of aldehydes is 1. The highest BCUT2D eigenvalue weighted by molar-refractivity contribution is 5.75. The summed E-state index contributed by atoms with van der Waals surface area (Å²) in [4.78, 5) is 23.0. The molecule has 1 aliphatic heterocycles. The first kappa shape index (κ1) is 17.4. The van der Waals surface area contributed by atoms with E-state index >= 15 is 0 Å².